The fourth-order valence-electron chi connectivity index (χ4n) is 2.18. The zero-order chi connectivity index (χ0) is 14.8. The molecule has 0 radical (unpaired) electrons. The van der Waals surface area contributed by atoms with Crippen LogP contribution >= 0.6 is 0 Å². The number of anilines is 1. The van der Waals surface area contributed by atoms with E-state index in [0.717, 1.165) is 11.5 Å². The highest BCUT2D eigenvalue weighted by molar-refractivity contribution is 5.51. The lowest BCUT2D eigenvalue weighted by Crippen LogP contribution is -2.19. The molecule has 0 aliphatic carbocycles. The monoisotopic (exact) mass is 281 g/mol. The van der Waals surface area contributed by atoms with Gasteiger partial charge in [0.1, 0.15) is 5.82 Å². The van der Waals surface area contributed by atoms with Gasteiger partial charge in [0, 0.05) is 13.2 Å². The van der Waals surface area contributed by atoms with E-state index < -0.39 is 5.82 Å². The summed E-state index contributed by atoms with van der Waals surface area (Å²) in [7, 11) is 1.77. The Balaban J connectivity index is 1.90. The van der Waals surface area contributed by atoms with E-state index >= 15 is 0 Å². The predicted molar refractivity (Wildman–Crippen MR) is 76.2 cm³/mol. The average molecular weight is 281 g/mol. The number of aromatic nitrogens is 3. The first-order chi connectivity index (χ1) is 10.2. The minimum atomic E-state index is -0.426. The average Bonchev–Trinajstić information content (AvgIpc) is 2.90. The number of nitriles is 1. The highest BCUT2D eigenvalue weighted by Gasteiger charge is 2.12. The van der Waals surface area contributed by atoms with Crippen LogP contribution in [0.3, 0.4) is 0 Å². The van der Waals surface area contributed by atoms with Gasteiger partial charge in [0.05, 0.1) is 23.9 Å². The van der Waals surface area contributed by atoms with Crippen molar-refractivity contribution in [3.63, 3.8) is 0 Å². The van der Waals surface area contributed by atoms with Gasteiger partial charge < -0.3 is 4.90 Å². The molecule has 6 heteroatoms. The van der Waals surface area contributed by atoms with Gasteiger partial charge >= 0.3 is 0 Å². The minimum Gasteiger partial charge on any atom is -0.365 e. The number of rotatable bonds is 3. The van der Waals surface area contributed by atoms with Gasteiger partial charge in [0.15, 0.2) is 11.5 Å². The number of hydrogen-bond donors (Lipinski definition) is 0. The lowest BCUT2D eigenvalue weighted by molar-refractivity contribution is 0.620. The SMILES string of the molecule is CN(Cc1nnc2ccccn12)c1ccc(C#N)cc1F. The van der Waals surface area contributed by atoms with Crippen LogP contribution in [0.4, 0.5) is 10.1 Å². The second-order valence-corrected chi connectivity index (χ2v) is 4.68. The molecular weight excluding hydrogens is 269 g/mol. The van der Waals surface area contributed by atoms with E-state index in [0.29, 0.717) is 17.8 Å². The van der Waals surface area contributed by atoms with Crippen LogP contribution in [-0.2, 0) is 6.54 Å². The summed E-state index contributed by atoms with van der Waals surface area (Å²) in [5, 5.41) is 17.0. The molecule has 0 saturated heterocycles. The summed E-state index contributed by atoms with van der Waals surface area (Å²) < 4.78 is 15.9. The summed E-state index contributed by atoms with van der Waals surface area (Å²) >= 11 is 0. The summed E-state index contributed by atoms with van der Waals surface area (Å²) in [5.41, 5.74) is 1.47. The van der Waals surface area contributed by atoms with Crippen molar-refractivity contribution in [2.45, 2.75) is 6.54 Å². The lowest BCUT2D eigenvalue weighted by Gasteiger charge is -2.18. The molecule has 0 N–H and O–H groups in total. The van der Waals surface area contributed by atoms with Gasteiger partial charge in [-0.1, -0.05) is 6.07 Å². The predicted octanol–water partition coefficient (Wildman–Crippen LogP) is 2.38. The van der Waals surface area contributed by atoms with Gasteiger partial charge in [-0.25, -0.2) is 4.39 Å². The fraction of sp³-hybridized carbons (Fsp3) is 0.133. The molecule has 0 fully saturated rings. The van der Waals surface area contributed by atoms with Gasteiger partial charge in [0.2, 0.25) is 0 Å². The molecule has 0 aliphatic heterocycles. The Hall–Kier alpha value is -2.94. The van der Waals surface area contributed by atoms with Gasteiger partial charge in [0.25, 0.3) is 0 Å². The van der Waals surface area contributed by atoms with Crippen molar-refractivity contribution in [2.24, 2.45) is 0 Å². The molecule has 5 nitrogen and oxygen atoms in total. The molecule has 3 rings (SSSR count). The van der Waals surface area contributed by atoms with Crippen LogP contribution in [0.1, 0.15) is 11.4 Å². The summed E-state index contributed by atoms with van der Waals surface area (Å²) in [4.78, 5) is 1.74. The molecule has 0 aliphatic rings. The topological polar surface area (TPSA) is 57.2 Å². The van der Waals surface area contributed by atoms with Gasteiger partial charge in [-0.3, -0.25) is 4.40 Å². The van der Waals surface area contributed by atoms with E-state index in [9.17, 15) is 4.39 Å². The Labute approximate surface area is 120 Å². The number of nitrogens with zero attached hydrogens (tertiary/aromatic N) is 5. The molecule has 2 heterocycles. The first-order valence-electron chi connectivity index (χ1n) is 6.38. The van der Waals surface area contributed by atoms with Crippen LogP contribution in [0, 0.1) is 17.1 Å². The summed E-state index contributed by atoms with van der Waals surface area (Å²) in [6, 6.07) is 12.0. The van der Waals surface area contributed by atoms with E-state index in [4.69, 9.17) is 5.26 Å². The van der Waals surface area contributed by atoms with Crippen molar-refractivity contribution in [3.8, 4) is 6.07 Å². The molecule has 0 spiro atoms. The molecule has 0 bridgehead atoms. The second kappa shape index (κ2) is 5.21. The maximum Gasteiger partial charge on any atom is 0.160 e. The van der Waals surface area contributed by atoms with Crippen molar-refractivity contribution in [3.05, 3.63) is 59.8 Å². The van der Waals surface area contributed by atoms with Crippen LogP contribution < -0.4 is 4.90 Å². The molecule has 21 heavy (non-hydrogen) atoms. The van der Waals surface area contributed by atoms with Crippen LogP contribution in [-0.4, -0.2) is 21.6 Å². The smallest absolute Gasteiger partial charge is 0.160 e. The third kappa shape index (κ3) is 2.41. The number of pyridine rings is 1. The molecule has 104 valence electrons. The highest BCUT2D eigenvalue weighted by atomic mass is 19.1. The van der Waals surface area contributed by atoms with Crippen molar-refractivity contribution in [2.75, 3.05) is 11.9 Å². The lowest BCUT2D eigenvalue weighted by atomic mass is 10.2. The van der Waals surface area contributed by atoms with E-state index in [1.54, 1.807) is 24.1 Å². The summed E-state index contributed by atoms with van der Waals surface area (Å²) in [6.45, 7) is 0.411. The van der Waals surface area contributed by atoms with Crippen molar-refractivity contribution < 1.29 is 4.39 Å². The fourth-order valence-corrected chi connectivity index (χ4v) is 2.18. The standard InChI is InChI=1S/C15H12FN5/c1-20(13-6-5-11(9-17)8-12(13)16)10-15-19-18-14-4-2-3-7-21(14)15/h2-8H,10H2,1H3. The van der Waals surface area contributed by atoms with Crippen LogP contribution in [0.5, 0.6) is 0 Å². The zero-order valence-electron chi connectivity index (χ0n) is 11.4. The van der Waals surface area contributed by atoms with Crippen molar-refractivity contribution >= 4 is 11.3 Å². The van der Waals surface area contributed by atoms with Crippen molar-refractivity contribution in [1.82, 2.24) is 14.6 Å². The maximum absolute atomic E-state index is 14.0. The quantitative estimate of drug-likeness (QED) is 0.739. The molecule has 0 unspecified atom stereocenters. The van der Waals surface area contributed by atoms with Crippen LogP contribution in [0.2, 0.25) is 0 Å². The van der Waals surface area contributed by atoms with E-state index in [-0.39, 0.29) is 0 Å². The Morgan fingerprint density at radius 2 is 2.14 bits per heavy atom. The Morgan fingerprint density at radius 1 is 1.29 bits per heavy atom. The maximum atomic E-state index is 14.0. The zero-order valence-corrected chi connectivity index (χ0v) is 11.4. The van der Waals surface area contributed by atoms with Gasteiger partial charge in [-0.05, 0) is 30.3 Å². The van der Waals surface area contributed by atoms with E-state index in [1.165, 1.54) is 6.07 Å². The first kappa shape index (κ1) is 13.1. The van der Waals surface area contributed by atoms with Crippen molar-refractivity contribution in [1.29, 1.82) is 5.26 Å². The van der Waals surface area contributed by atoms with Gasteiger partial charge in [-0.15, -0.1) is 10.2 Å². The van der Waals surface area contributed by atoms with E-state index in [2.05, 4.69) is 10.2 Å². The molecule has 2 aromatic heterocycles. The molecule has 0 atom stereocenters. The molecule has 0 amide bonds. The third-order valence-corrected chi connectivity index (χ3v) is 3.25. The number of halogens is 1. The highest BCUT2D eigenvalue weighted by Crippen LogP contribution is 2.20. The van der Waals surface area contributed by atoms with Gasteiger partial charge in [-0.2, -0.15) is 5.26 Å². The molecule has 0 saturated carbocycles. The van der Waals surface area contributed by atoms with Crippen LogP contribution in [0.25, 0.3) is 5.65 Å². The van der Waals surface area contributed by atoms with Crippen LogP contribution in [0.15, 0.2) is 42.6 Å². The second-order valence-electron chi connectivity index (χ2n) is 4.68. The number of hydrogen-bond acceptors (Lipinski definition) is 4. The Morgan fingerprint density at radius 3 is 2.90 bits per heavy atom. The Kier molecular flexibility index (Phi) is 3.24. The third-order valence-electron chi connectivity index (χ3n) is 3.25. The summed E-state index contributed by atoms with van der Waals surface area (Å²) in [6.07, 6.45) is 1.87. The minimum absolute atomic E-state index is 0.303. The normalized spacial score (nSPS) is 10.5. The Bertz CT molecular complexity index is 833. The number of fused-ring (bicyclic) bond motifs is 1. The van der Waals surface area contributed by atoms with E-state index in [1.807, 2.05) is 34.9 Å². The molecule has 1 aromatic carbocycles. The molecular formula is C15H12FN5. The summed E-state index contributed by atoms with van der Waals surface area (Å²) in [5.74, 6) is 0.294. The largest absolute Gasteiger partial charge is 0.365 e. The molecule has 3 aromatic rings. The number of benzene rings is 1. The first-order valence-corrected chi connectivity index (χ1v) is 6.38.